The molecule has 0 heterocycles. The number of hydrogen-bond donors (Lipinski definition) is 2. The second-order valence-electron chi connectivity index (χ2n) is 4.61. The molecule has 1 aliphatic rings. The lowest BCUT2D eigenvalue weighted by molar-refractivity contribution is -0.147. The highest BCUT2D eigenvalue weighted by Crippen LogP contribution is 2.23. The third-order valence-corrected chi connectivity index (χ3v) is 3.08. The number of carbonyl (C=O) groups is 2. The number of rotatable bonds is 4. The highest BCUT2D eigenvalue weighted by atomic mass is 16.5. The summed E-state index contributed by atoms with van der Waals surface area (Å²) in [5, 5.41) is 2.69. The van der Waals surface area contributed by atoms with Crippen LogP contribution in [0.5, 0.6) is 0 Å². The lowest BCUT2D eigenvalue weighted by atomic mass is 9.85. The molecule has 0 aromatic rings. The van der Waals surface area contributed by atoms with E-state index in [1.165, 1.54) is 0 Å². The van der Waals surface area contributed by atoms with Gasteiger partial charge in [0.1, 0.15) is 6.04 Å². The van der Waals surface area contributed by atoms with E-state index in [-0.39, 0.29) is 23.8 Å². The van der Waals surface area contributed by atoms with E-state index in [0.717, 1.165) is 19.3 Å². The van der Waals surface area contributed by atoms with E-state index in [4.69, 9.17) is 10.5 Å². The Kier molecular flexibility index (Phi) is 5.41. The molecule has 98 valence electrons. The van der Waals surface area contributed by atoms with Gasteiger partial charge in [-0.3, -0.25) is 4.79 Å². The maximum Gasteiger partial charge on any atom is 0.328 e. The lowest BCUT2D eigenvalue weighted by Crippen LogP contribution is -2.44. The fourth-order valence-corrected chi connectivity index (χ4v) is 2.12. The Labute approximate surface area is 102 Å². The summed E-state index contributed by atoms with van der Waals surface area (Å²) in [6, 6.07) is -0.474. The summed E-state index contributed by atoms with van der Waals surface area (Å²) in [6.45, 7) is 3.71. The first-order chi connectivity index (χ1) is 8.04. The second-order valence-corrected chi connectivity index (χ2v) is 4.61. The predicted molar refractivity (Wildman–Crippen MR) is 64.2 cm³/mol. The van der Waals surface area contributed by atoms with Crippen LogP contribution in [0.4, 0.5) is 0 Å². The van der Waals surface area contributed by atoms with Crippen LogP contribution >= 0.6 is 0 Å². The zero-order chi connectivity index (χ0) is 12.8. The van der Waals surface area contributed by atoms with Crippen molar-refractivity contribution in [3.05, 3.63) is 0 Å². The summed E-state index contributed by atoms with van der Waals surface area (Å²) < 4.78 is 4.83. The van der Waals surface area contributed by atoms with E-state index in [2.05, 4.69) is 5.32 Å². The third kappa shape index (κ3) is 4.34. The zero-order valence-corrected chi connectivity index (χ0v) is 10.6. The summed E-state index contributed by atoms with van der Waals surface area (Å²) >= 11 is 0. The maximum absolute atomic E-state index is 11.9. The van der Waals surface area contributed by atoms with E-state index in [9.17, 15) is 9.59 Å². The quantitative estimate of drug-likeness (QED) is 0.706. The van der Waals surface area contributed by atoms with Gasteiger partial charge in [-0.05, 0) is 33.1 Å². The molecule has 0 radical (unpaired) electrons. The molecular formula is C12H22N2O3. The standard InChI is InChI=1S/C12H22N2O3/c1-3-17-12(16)8(2)14-11(15)9-5-4-6-10(13)7-9/h8-10H,3-7,13H2,1-2H3,(H,14,15). The zero-order valence-electron chi connectivity index (χ0n) is 10.6. The van der Waals surface area contributed by atoms with Crippen molar-refractivity contribution in [2.24, 2.45) is 11.7 Å². The average Bonchev–Trinajstić information content (AvgIpc) is 2.29. The van der Waals surface area contributed by atoms with Gasteiger partial charge in [-0.15, -0.1) is 0 Å². The normalized spacial score (nSPS) is 26.1. The molecule has 0 aromatic heterocycles. The van der Waals surface area contributed by atoms with Crippen LogP contribution in [-0.4, -0.2) is 30.6 Å². The molecule has 17 heavy (non-hydrogen) atoms. The predicted octanol–water partition coefficient (Wildman–Crippen LogP) is 0.572. The molecular weight excluding hydrogens is 220 g/mol. The molecule has 1 fully saturated rings. The molecule has 3 N–H and O–H groups in total. The van der Waals surface area contributed by atoms with Crippen molar-refractivity contribution in [1.29, 1.82) is 0 Å². The van der Waals surface area contributed by atoms with E-state index in [1.807, 2.05) is 0 Å². The van der Waals surface area contributed by atoms with E-state index >= 15 is 0 Å². The van der Waals surface area contributed by atoms with Crippen molar-refractivity contribution in [3.8, 4) is 0 Å². The van der Waals surface area contributed by atoms with Crippen LogP contribution in [0.25, 0.3) is 0 Å². The van der Waals surface area contributed by atoms with Crippen molar-refractivity contribution in [2.45, 2.75) is 51.6 Å². The Morgan fingerprint density at radius 1 is 1.47 bits per heavy atom. The first-order valence-corrected chi connectivity index (χ1v) is 6.27. The first-order valence-electron chi connectivity index (χ1n) is 6.27. The van der Waals surface area contributed by atoms with E-state index < -0.39 is 6.04 Å². The van der Waals surface area contributed by atoms with Crippen LogP contribution in [0, 0.1) is 5.92 Å². The Morgan fingerprint density at radius 2 is 2.18 bits per heavy atom. The molecule has 3 unspecified atom stereocenters. The molecule has 0 aromatic carbocycles. The molecule has 1 amide bonds. The minimum absolute atomic E-state index is 0.0596. The minimum Gasteiger partial charge on any atom is -0.464 e. The fraction of sp³-hybridized carbons (Fsp3) is 0.833. The van der Waals surface area contributed by atoms with E-state index in [1.54, 1.807) is 13.8 Å². The van der Waals surface area contributed by atoms with Gasteiger partial charge in [0, 0.05) is 12.0 Å². The van der Waals surface area contributed by atoms with Gasteiger partial charge >= 0.3 is 5.97 Å². The van der Waals surface area contributed by atoms with Crippen LogP contribution in [0.1, 0.15) is 39.5 Å². The molecule has 0 saturated heterocycles. The Hall–Kier alpha value is -1.10. The van der Waals surface area contributed by atoms with Crippen molar-refractivity contribution in [2.75, 3.05) is 6.61 Å². The molecule has 0 bridgehead atoms. The SMILES string of the molecule is CCOC(=O)C(C)NC(=O)C1CCCC(N)C1. The molecule has 0 aliphatic heterocycles. The van der Waals surface area contributed by atoms with Crippen LogP contribution < -0.4 is 11.1 Å². The fourth-order valence-electron chi connectivity index (χ4n) is 2.12. The summed E-state index contributed by atoms with van der Waals surface area (Å²) in [5.74, 6) is -0.530. The van der Waals surface area contributed by atoms with Gasteiger partial charge in [-0.2, -0.15) is 0 Å². The van der Waals surface area contributed by atoms with Gasteiger partial charge in [0.15, 0.2) is 0 Å². The smallest absolute Gasteiger partial charge is 0.328 e. The second kappa shape index (κ2) is 6.59. The number of esters is 1. The van der Waals surface area contributed by atoms with E-state index in [0.29, 0.717) is 13.0 Å². The van der Waals surface area contributed by atoms with Gasteiger partial charge in [-0.1, -0.05) is 6.42 Å². The number of amides is 1. The van der Waals surface area contributed by atoms with Gasteiger partial charge in [-0.25, -0.2) is 4.79 Å². The largest absolute Gasteiger partial charge is 0.464 e. The lowest BCUT2D eigenvalue weighted by Gasteiger charge is -2.26. The Morgan fingerprint density at radius 3 is 2.76 bits per heavy atom. The molecule has 3 atom stereocenters. The van der Waals surface area contributed by atoms with Crippen molar-refractivity contribution >= 4 is 11.9 Å². The van der Waals surface area contributed by atoms with Crippen LogP contribution in [0.15, 0.2) is 0 Å². The maximum atomic E-state index is 11.9. The summed E-state index contributed by atoms with van der Waals surface area (Å²) in [7, 11) is 0. The first kappa shape index (κ1) is 14.0. The van der Waals surface area contributed by atoms with Gasteiger partial charge in [0.25, 0.3) is 0 Å². The van der Waals surface area contributed by atoms with Crippen LogP contribution in [0.2, 0.25) is 0 Å². The number of ether oxygens (including phenoxy) is 1. The molecule has 5 nitrogen and oxygen atoms in total. The monoisotopic (exact) mass is 242 g/mol. The van der Waals surface area contributed by atoms with Gasteiger partial charge < -0.3 is 15.8 Å². The third-order valence-electron chi connectivity index (χ3n) is 3.08. The Bertz CT molecular complexity index is 281. The highest BCUT2D eigenvalue weighted by Gasteiger charge is 2.27. The van der Waals surface area contributed by atoms with Crippen molar-refractivity contribution in [1.82, 2.24) is 5.32 Å². The molecule has 1 aliphatic carbocycles. The van der Waals surface area contributed by atoms with Crippen LogP contribution in [-0.2, 0) is 14.3 Å². The number of nitrogens with two attached hydrogens (primary N) is 1. The molecule has 1 saturated carbocycles. The summed E-state index contributed by atoms with van der Waals surface area (Å²) in [4.78, 5) is 23.3. The average molecular weight is 242 g/mol. The van der Waals surface area contributed by atoms with Crippen molar-refractivity contribution < 1.29 is 14.3 Å². The summed E-state index contributed by atoms with van der Waals surface area (Å²) in [5.41, 5.74) is 5.83. The van der Waals surface area contributed by atoms with Gasteiger partial charge in [0.2, 0.25) is 5.91 Å². The van der Waals surface area contributed by atoms with Crippen LogP contribution in [0.3, 0.4) is 0 Å². The molecule has 0 spiro atoms. The number of nitrogens with one attached hydrogen (secondary N) is 1. The van der Waals surface area contributed by atoms with Gasteiger partial charge in [0.05, 0.1) is 6.61 Å². The minimum atomic E-state index is -0.583. The number of hydrogen-bond acceptors (Lipinski definition) is 4. The molecule has 5 heteroatoms. The molecule has 1 rings (SSSR count). The number of carbonyl (C=O) groups excluding carboxylic acids is 2. The highest BCUT2D eigenvalue weighted by molar-refractivity contribution is 5.85. The Balaban J connectivity index is 2.40. The topological polar surface area (TPSA) is 81.4 Å². The summed E-state index contributed by atoms with van der Waals surface area (Å²) in [6.07, 6.45) is 3.53. The van der Waals surface area contributed by atoms with Crippen molar-refractivity contribution in [3.63, 3.8) is 0 Å².